The Hall–Kier alpha value is -2.77. The molecule has 0 atom stereocenters. The summed E-state index contributed by atoms with van der Waals surface area (Å²) in [5.74, 6) is -0.195. The summed E-state index contributed by atoms with van der Waals surface area (Å²) in [6, 6.07) is 12.4. The van der Waals surface area contributed by atoms with Gasteiger partial charge in [-0.3, -0.25) is 14.6 Å². The first-order chi connectivity index (χ1) is 14.2. The van der Waals surface area contributed by atoms with Crippen LogP contribution >= 0.6 is 0 Å². The molecule has 152 valence electrons. The topological polar surface area (TPSA) is 52.9 Å². The van der Waals surface area contributed by atoms with Gasteiger partial charge in [0.1, 0.15) is 11.5 Å². The number of imidazole rings is 1. The lowest BCUT2D eigenvalue weighted by Gasteiger charge is -2.33. The van der Waals surface area contributed by atoms with Crippen molar-refractivity contribution in [1.29, 1.82) is 0 Å². The molecule has 29 heavy (non-hydrogen) atoms. The molecule has 0 spiro atoms. The second-order valence-corrected chi connectivity index (χ2v) is 7.48. The van der Waals surface area contributed by atoms with Crippen LogP contribution in [0.3, 0.4) is 0 Å². The molecule has 0 unspecified atom stereocenters. The van der Waals surface area contributed by atoms with Crippen LogP contribution in [0.25, 0.3) is 5.65 Å². The molecule has 3 heterocycles. The molecular formula is C22H26FN5O. The fourth-order valence-electron chi connectivity index (χ4n) is 3.65. The summed E-state index contributed by atoms with van der Waals surface area (Å²) in [5.41, 5.74) is 3.06. The normalized spacial score (nSPS) is 15.6. The molecule has 1 aliphatic rings. The van der Waals surface area contributed by atoms with Crippen LogP contribution in [0, 0.1) is 5.82 Å². The summed E-state index contributed by atoms with van der Waals surface area (Å²) < 4.78 is 15.0. The number of aromatic nitrogens is 2. The van der Waals surface area contributed by atoms with Crippen molar-refractivity contribution in [3.63, 3.8) is 0 Å². The molecular weight excluding hydrogens is 369 g/mol. The lowest BCUT2D eigenvalue weighted by Crippen LogP contribution is -2.49. The predicted molar refractivity (Wildman–Crippen MR) is 110 cm³/mol. The Morgan fingerprint density at radius 2 is 1.79 bits per heavy atom. The van der Waals surface area contributed by atoms with E-state index in [2.05, 4.69) is 26.3 Å². The summed E-state index contributed by atoms with van der Waals surface area (Å²) in [4.78, 5) is 21.4. The highest BCUT2D eigenvalue weighted by Gasteiger charge is 2.19. The zero-order valence-corrected chi connectivity index (χ0v) is 16.4. The third-order valence-electron chi connectivity index (χ3n) is 5.28. The van der Waals surface area contributed by atoms with Crippen LogP contribution in [-0.4, -0.2) is 64.4 Å². The molecule has 4 rings (SSSR count). The second-order valence-electron chi connectivity index (χ2n) is 7.48. The Morgan fingerprint density at radius 3 is 2.55 bits per heavy atom. The van der Waals surface area contributed by atoms with Crippen LogP contribution in [0.5, 0.6) is 0 Å². The Bertz CT molecular complexity index is 914. The number of rotatable bonds is 7. The summed E-state index contributed by atoms with van der Waals surface area (Å²) in [6.45, 7) is 5.42. The highest BCUT2D eigenvalue weighted by molar-refractivity contribution is 5.78. The van der Waals surface area contributed by atoms with Crippen molar-refractivity contribution in [1.82, 2.24) is 24.5 Å². The van der Waals surface area contributed by atoms with E-state index < -0.39 is 0 Å². The first kappa shape index (κ1) is 19.5. The maximum absolute atomic E-state index is 12.9. The molecule has 3 aromatic rings. The fraction of sp³-hybridized carbons (Fsp3) is 0.364. The molecule has 6 nitrogen and oxygen atoms in total. The minimum Gasteiger partial charge on any atom is -0.355 e. The predicted octanol–water partition coefficient (Wildman–Crippen LogP) is 1.95. The zero-order valence-electron chi connectivity index (χ0n) is 16.4. The van der Waals surface area contributed by atoms with Crippen molar-refractivity contribution in [3.05, 3.63) is 71.9 Å². The van der Waals surface area contributed by atoms with Gasteiger partial charge in [-0.05, 0) is 36.2 Å². The molecule has 1 amide bonds. The van der Waals surface area contributed by atoms with Gasteiger partial charge in [-0.15, -0.1) is 0 Å². The molecule has 0 saturated carbocycles. The van der Waals surface area contributed by atoms with E-state index in [0.717, 1.165) is 49.6 Å². The number of fused-ring (bicyclic) bond motifs is 1. The lowest BCUT2D eigenvalue weighted by atomic mass is 10.1. The molecule has 1 fully saturated rings. The smallest absolute Gasteiger partial charge is 0.234 e. The maximum atomic E-state index is 12.9. The number of hydrogen-bond acceptors (Lipinski definition) is 4. The number of amides is 1. The number of hydrogen-bond donors (Lipinski definition) is 1. The summed E-state index contributed by atoms with van der Waals surface area (Å²) in [7, 11) is 0. The van der Waals surface area contributed by atoms with Gasteiger partial charge in [0, 0.05) is 51.7 Å². The third-order valence-corrected chi connectivity index (χ3v) is 5.28. The number of pyridine rings is 1. The SMILES string of the molecule is O=C(CN1CCN(Cc2cn3ccccc3n2)CC1)NCCc1ccc(F)cc1. The average molecular weight is 395 g/mol. The zero-order chi connectivity index (χ0) is 20.1. The highest BCUT2D eigenvalue weighted by Crippen LogP contribution is 2.10. The molecule has 0 bridgehead atoms. The van der Waals surface area contributed by atoms with Crippen molar-refractivity contribution in [3.8, 4) is 0 Å². The van der Waals surface area contributed by atoms with Gasteiger partial charge in [0.2, 0.25) is 5.91 Å². The second kappa shape index (κ2) is 9.15. The van der Waals surface area contributed by atoms with Crippen LogP contribution in [0.2, 0.25) is 0 Å². The average Bonchev–Trinajstić information content (AvgIpc) is 3.13. The van der Waals surface area contributed by atoms with Crippen LogP contribution in [0.1, 0.15) is 11.3 Å². The number of halogens is 1. The van der Waals surface area contributed by atoms with Gasteiger partial charge in [0.25, 0.3) is 0 Å². The van der Waals surface area contributed by atoms with E-state index in [9.17, 15) is 9.18 Å². The minimum atomic E-state index is -0.238. The first-order valence-corrected chi connectivity index (χ1v) is 10.0. The molecule has 0 radical (unpaired) electrons. The van der Waals surface area contributed by atoms with Crippen molar-refractivity contribution in [2.75, 3.05) is 39.3 Å². The molecule has 1 saturated heterocycles. The number of carbonyl (C=O) groups excluding carboxylic acids is 1. The van der Waals surface area contributed by atoms with E-state index in [-0.39, 0.29) is 11.7 Å². The van der Waals surface area contributed by atoms with Crippen LogP contribution < -0.4 is 5.32 Å². The van der Waals surface area contributed by atoms with Gasteiger partial charge >= 0.3 is 0 Å². The van der Waals surface area contributed by atoms with Gasteiger partial charge in [0.15, 0.2) is 0 Å². The number of benzene rings is 1. The Labute approximate surface area is 170 Å². The van der Waals surface area contributed by atoms with Gasteiger partial charge in [-0.25, -0.2) is 9.37 Å². The third kappa shape index (κ3) is 5.40. The Balaban J connectivity index is 1.16. The summed E-state index contributed by atoms with van der Waals surface area (Å²) in [6.07, 6.45) is 4.80. The largest absolute Gasteiger partial charge is 0.355 e. The van der Waals surface area contributed by atoms with Gasteiger partial charge in [0.05, 0.1) is 12.2 Å². The van der Waals surface area contributed by atoms with Crippen molar-refractivity contribution < 1.29 is 9.18 Å². The van der Waals surface area contributed by atoms with Crippen LogP contribution in [0.15, 0.2) is 54.9 Å². The Morgan fingerprint density at radius 1 is 1.03 bits per heavy atom. The van der Waals surface area contributed by atoms with E-state index in [1.165, 1.54) is 12.1 Å². The number of nitrogens with one attached hydrogen (secondary N) is 1. The number of nitrogens with zero attached hydrogens (tertiary/aromatic N) is 4. The summed E-state index contributed by atoms with van der Waals surface area (Å²) in [5, 5.41) is 2.96. The quantitative estimate of drug-likeness (QED) is 0.665. The van der Waals surface area contributed by atoms with Crippen molar-refractivity contribution >= 4 is 11.6 Å². The molecule has 1 N–H and O–H groups in total. The van der Waals surface area contributed by atoms with Gasteiger partial charge in [-0.2, -0.15) is 0 Å². The van der Waals surface area contributed by atoms with E-state index in [4.69, 9.17) is 0 Å². The molecule has 1 aliphatic heterocycles. The standard InChI is InChI=1S/C22H26FN5O/c23-19-6-4-18(5-7-19)8-9-24-22(29)17-27-13-11-26(12-14-27)15-20-16-28-10-2-1-3-21(28)25-20/h1-7,10,16H,8-9,11-15,17H2,(H,24,29). The van der Waals surface area contributed by atoms with Crippen LogP contribution in [0.4, 0.5) is 4.39 Å². The van der Waals surface area contributed by atoms with Crippen molar-refractivity contribution in [2.45, 2.75) is 13.0 Å². The van der Waals surface area contributed by atoms with E-state index in [0.29, 0.717) is 19.5 Å². The summed E-state index contributed by atoms with van der Waals surface area (Å²) >= 11 is 0. The first-order valence-electron chi connectivity index (χ1n) is 10.0. The van der Waals surface area contributed by atoms with E-state index >= 15 is 0 Å². The molecule has 0 aliphatic carbocycles. The maximum Gasteiger partial charge on any atom is 0.234 e. The lowest BCUT2D eigenvalue weighted by molar-refractivity contribution is -0.122. The Kier molecular flexibility index (Phi) is 6.17. The van der Waals surface area contributed by atoms with Crippen LogP contribution in [-0.2, 0) is 17.8 Å². The van der Waals surface area contributed by atoms with Gasteiger partial charge < -0.3 is 9.72 Å². The number of piperazine rings is 1. The molecule has 2 aromatic heterocycles. The molecule has 7 heteroatoms. The monoisotopic (exact) mass is 395 g/mol. The fourth-order valence-corrected chi connectivity index (χ4v) is 3.65. The van der Waals surface area contributed by atoms with E-state index in [1.54, 1.807) is 12.1 Å². The van der Waals surface area contributed by atoms with Gasteiger partial charge in [-0.1, -0.05) is 18.2 Å². The van der Waals surface area contributed by atoms with Crippen molar-refractivity contribution in [2.24, 2.45) is 0 Å². The molecule has 1 aromatic carbocycles. The number of carbonyl (C=O) groups is 1. The minimum absolute atomic E-state index is 0.0425. The highest BCUT2D eigenvalue weighted by atomic mass is 19.1. The van der Waals surface area contributed by atoms with E-state index in [1.807, 2.05) is 28.8 Å².